The molecule has 3 atom stereocenters. The summed E-state index contributed by atoms with van der Waals surface area (Å²) in [5.74, 6) is -0.504. The Kier molecular flexibility index (Phi) is 17.7. The summed E-state index contributed by atoms with van der Waals surface area (Å²) in [4.78, 5) is 16.3. The van der Waals surface area contributed by atoms with Crippen molar-refractivity contribution in [2.24, 2.45) is 5.11 Å². The van der Waals surface area contributed by atoms with Crippen molar-refractivity contribution in [3.05, 3.63) is 107 Å². The minimum atomic E-state index is -2.97. The van der Waals surface area contributed by atoms with E-state index in [0.717, 1.165) is 29.6 Å². The predicted molar refractivity (Wildman–Crippen MR) is 204 cm³/mol. The molecule has 0 aliphatic carbocycles. The molecule has 49 heavy (non-hydrogen) atoms. The highest BCUT2D eigenvalue weighted by Gasteiger charge is 2.50. The van der Waals surface area contributed by atoms with Crippen molar-refractivity contribution in [2.45, 2.75) is 134 Å². The number of ether oxygens (including phenoxy) is 1. The largest absolute Gasteiger partial charge is 0.456 e. The van der Waals surface area contributed by atoms with E-state index in [0.29, 0.717) is 12.0 Å². The highest BCUT2D eigenvalue weighted by Crippen LogP contribution is 2.37. The predicted octanol–water partition coefficient (Wildman–Crippen LogP) is 9.92. The maximum atomic E-state index is 13.2. The van der Waals surface area contributed by atoms with Crippen molar-refractivity contribution >= 4 is 24.7 Å². The summed E-state index contributed by atoms with van der Waals surface area (Å²) >= 11 is 0. The number of benzene rings is 3. The number of carbonyl (C=O) groups excluding carboxylic acids is 1. The molecule has 1 N–H and O–H groups in total. The second kappa shape index (κ2) is 21.6. The van der Waals surface area contributed by atoms with Gasteiger partial charge in [-0.05, 0) is 45.9 Å². The molecule has 3 aromatic rings. The lowest BCUT2D eigenvalue weighted by atomic mass is 9.99. The van der Waals surface area contributed by atoms with Gasteiger partial charge in [0.15, 0.2) is 0 Å². The Bertz CT molecular complexity index is 1340. The van der Waals surface area contributed by atoms with Gasteiger partial charge in [0.1, 0.15) is 12.2 Å². The standard InChI is InChI=1S/C41H59N3O4Si/c1-5-6-7-8-9-10-11-12-13-14-15-25-32-38(48-40(46)34-26-19-16-20-27-34)39(45)37(43-44-42)33-47-49(41(2,3)4,35-28-21-17-22-29-35)36-30-23-18-24-31-36/h16-24,26-31,37-39,45H,5-15,25,32-33H2,1-4H3/t37-,38-,39-/m0/s1. The van der Waals surface area contributed by atoms with E-state index >= 15 is 0 Å². The number of aliphatic hydroxyl groups is 1. The van der Waals surface area contributed by atoms with E-state index < -0.39 is 32.5 Å². The summed E-state index contributed by atoms with van der Waals surface area (Å²) in [6, 6.07) is 28.3. The molecule has 0 aliphatic heterocycles. The Morgan fingerprint density at radius 3 is 1.65 bits per heavy atom. The van der Waals surface area contributed by atoms with Gasteiger partial charge >= 0.3 is 5.97 Å². The number of hydrogen-bond acceptors (Lipinski definition) is 5. The minimum Gasteiger partial charge on any atom is -0.456 e. The Balaban J connectivity index is 1.74. The van der Waals surface area contributed by atoms with E-state index in [1.54, 1.807) is 24.3 Å². The van der Waals surface area contributed by atoms with E-state index in [2.05, 4.69) is 62.0 Å². The zero-order valence-corrected chi connectivity index (χ0v) is 31.3. The van der Waals surface area contributed by atoms with Gasteiger partial charge in [0.25, 0.3) is 8.32 Å². The Hall–Kier alpha value is -3.42. The second-order valence-corrected chi connectivity index (χ2v) is 18.5. The van der Waals surface area contributed by atoms with Crippen LogP contribution in [-0.4, -0.2) is 44.2 Å². The molecule has 0 saturated heterocycles. The molecule has 266 valence electrons. The fourth-order valence-corrected chi connectivity index (χ4v) is 11.3. The van der Waals surface area contributed by atoms with Crippen molar-refractivity contribution in [3.63, 3.8) is 0 Å². The van der Waals surface area contributed by atoms with E-state index in [9.17, 15) is 15.4 Å². The number of aliphatic hydroxyl groups excluding tert-OH is 1. The summed E-state index contributed by atoms with van der Waals surface area (Å²) < 4.78 is 13.0. The van der Waals surface area contributed by atoms with Gasteiger partial charge in [-0.15, -0.1) is 0 Å². The molecule has 0 aliphatic rings. The zero-order chi connectivity index (χ0) is 35.4. The highest BCUT2D eigenvalue weighted by molar-refractivity contribution is 6.99. The molecule has 0 radical (unpaired) electrons. The molecule has 0 aromatic heterocycles. The summed E-state index contributed by atoms with van der Waals surface area (Å²) in [7, 11) is -2.97. The molecule has 0 unspecified atom stereocenters. The number of rotatable bonds is 23. The monoisotopic (exact) mass is 685 g/mol. The topological polar surface area (TPSA) is 105 Å². The number of azide groups is 1. The first kappa shape index (κ1) is 40.0. The van der Waals surface area contributed by atoms with Gasteiger partial charge < -0.3 is 14.3 Å². The van der Waals surface area contributed by atoms with Crippen LogP contribution < -0.4 is 10.4 Å². The van der Waals surface area contributed by atoms with E-state index in [1.165, 1.54) is 57.8 Å². The molecule has 0 bridgehead atoms. The van der Waals surface area contributed by atoms with E-state index in [1.807, 2.05) is 42.5 Å². The van der Waals surface area contributed by atoms with Crippen molar-refractivity contribution in [3.8, 4) is 0 Å². The second-order valence-electron chi connectivity index (χ2n) is 14.2. The lowest BCUT2D eigenvalue weighted by Gasteiger charge is -2.44. The van der Waals surface area contributed by atoms with Crippen LogP contribution in [0, 0.1) is 0 Å². The molecule has 3 rings (SSSR count). The summed E-state index contributed by atoms with van der Waals surface area (Å²) in [6.45, 7) is 8.76. The Morgan fingerprint density at radius 2 is 1.20 bits per heavy atom. The lowest BCUT2D eigenvalue weighted by molar-refractivity contribution is -0.0359. The number of hydrogen-bond donors (Lipinski definition) is 1. The summed E-state index contributed by atoms with van der Waals surface area (Å²) in [5.41, 5.74) is 10.0. The van der Waals surface area contributed by atoms with Gasteiger partial charge in [-0.2, -0.15) is 0 Å². The van der Waals surface area contributed by atoms with Gasteiger partial charge in [0.05, 0.1) is 11.6 Å². The third-order valence-corrected chi connectivity index (χ3v) is 14.5. The minimum absolute atomic E-state index is 0.0175. The van der Waals surface area contributed by atoms with Crippen LogP contribution in [0.1, 0.15) is 122 Å². The number of unbranched alkanes of at least 4 members (excludes halogenated alkanes) is 11. The molecular formula is C41H59N3O4Si. The SMILES string of the molecule is CCCCCCCCCCCCCC[C@H](OC(=O)c1ccccc1)[C@@H](O)[C@H](CO[Si](c1ccccc1)(c1ccccc1)C(C)(C)C)N=[N+]=[N-]. The first-order valence-electron chi connectivity index (χ1n) is 18.5. The fourth-order valence-electron chi connectivity index (χ4n) is 6.75. The molecular weight excluding hydrogens is 627 g/mol. The maximum Gasteiger partial charge on any atom is 0.338 e. The highest BCUT2D eigenvalue weighted by atomic mass is 28.4. The van der Waals surface area contributed by atoms with Crippen LogP contribution in [0.15, 0.2) is 96.1 Å². The van der Waals surface area contributed by atoms with Crippen molar-refractivity contribution in [1.82, 2.24) is 0 Å². The molecule has 7 nitrogen and oxygen atoms in total. The summed E-state index contributed by atoms with van der Waals surface area (Å²) in [5, 5.41) is 17.7. The number of carbonyl (C=O) groups is 1. The average molecular weight is 686 g/mol. The Labute approximate surface area is 296 Å². The first-order chi connectivity index (χ1) is 23.7. The van der Waals surface area contributed by atoms with Gasteiger partial charge in [0, 0.05) is 11.5 Å². The van der Waals surface area contributed by atoms with E-state index in [4.69, 9.17) is 9.16 Å². The zero-order valence-electron chi connectivity index (χ0n) is 30.3. The third kappa shape index (κ3) is 12.4. The third-order valence-electron chi connectivity index (χ3n) is 9.47. The molecule has 0 fully saturated rings. The molecule has 0 spiro atoms. The lowest BCUT2D eigenvalue weighted by Crippen LogP contribution is -2.67. The van der Waals surface area contributed by atoms with Crippen LogP contribution in [0.3, 0.4) is 0 Å². The van der Waals surface area contributed by atoms with Gasteiger partial charge in [-0.25, -0.2) is 4.79 Å². The average Bonchev–Trinajstić information content (AvgIpc) is 3.11. The maximum absolute atomic E-state index is 13.2. The molecule has 8 heteroatoms. The van der Waals surface area contributed by atoms with Crippen LogP contribution >= 0.6 is 0 Å². The van der Waals surface area contributed by atoms with Gasteiger partial charge in [0.2, 0.25) is 0 Å². The van der Waals surface area contributed by atoms with Crippen LogP contribution in [0.25, 0.3) is 10.4 Å². The van der Waals surface area contributed by atoms with Gasteiger partial charge in [-0.3, -0.25) is 0 Å². The van der Waals surface area contributed by atoms with Gasteiger partial charge in [-0.1, -0.05) is 182 Å². The van der Waals surface area contributed by atoms with Crippen LogP contribution in [0.5, 0.6) is 0 Å². The van der Waals surface area contributed by atoms with Crippen molar-refractivity contribution < 1.29 is 19.1 Å². The first-order valence-corrected chi connectivity index (χ1v) is 20.4. The normalized spacial score (nSPS) is 13.7. The molecule has 0 amide bonds. The van der Waals surface area contributed by atoms with Crippen LogP contribution in [-0.2, 0) is 9.16 Å². The molecule has 0 heterocycles. The quantitative estimate of drug-likeness (QED) is 0.0268. The smallest absolute Gasteiger partial charge is 0.338 e. The van der Waals surface area contributed by atoms with E-state index in [-0.39, 0.29) is 11.6 Å². The van der Waals surface area contributed by atoms with Crippen LogP contribution in [0.2, 0.25) is 5.04 Å². The molecule has 3 aromatic carbocycles. The number of esters is 1. The fraction of sp³-hybridized carbons (Fsp3) is 0.537. The molecule has 0 saturated carbocycles. The van der Waals surface area contributed by atoms with Crippen LogP contribution in [0.4, 0.5) is 0 Å². The Morgan fingerprint density at radius 1 is 0.755 bits per heavy atom. The van der Waals surface area contributed by atoms with Crippen molar-refractivity contribution in [1.29, 1.82) is 0 Å². The number of nitrogens with zero attached hydrogens (tertiary/aromatic N) is 3. The van der Waals surface area contributed by atoms with Crippen molar-refractivity contribution in [2.75, 3.05) is 6.61 Å². The summed E-state index contributed by atoms with van der Waals surface area (Å²) in [6.07, 6.45) is 12.9.